The van der Waals surface area contributed by atoms with Crippen molar-refractivity contribution in [3.8, 4) is 17.2 Å². The molecule has 0 bridgehead atoms. The number of rotatable bonds is 2. The molecule has 2 aromatic rings. The van der Waals surface area contributed by atoms with E-state index in [1.54, 1.807) is 24.4 Å². The average Bonchev–Trinajstić information content (AvgIpc) is 2.39. The molecule has 0 saturated carbocycles. The molecule has 0 aliphatic heterocycles. The van der Waals surface area contributed by atoms with Gasteiger partial charge in [-0.1, -0.05) is 12.1 Å². The minimum atomic E-state index is -0.966. The van der Waals surface area contributed by atoms with E-state index in [9.17, 15) is 4.79 Å². The molecule has 0 radical (unpaired) electrons. The lowest BCUT2D eigenvalue weighted by Gasteiger charge is -2.03. The van der Waals surface area contributed by atoms with E-state index in [4.69, 9.17) is 10.4 Å². The molecule has 1 aromatic heterocycles. The van der Waals surface area contributed by atoms with Crippen molar-refractivity contribution in [3.63, 3.8) is 0 Å². The number of hydrogen-bond acceptors (Lipinski definition) is 3. The van der Waals surface area contributed by atoms with Crippen LogP contribution in [-0.2, 0) is 0 Å². The lowest BCUT2D eigenvalue weighted by atomic mass is 10.0. The lowest BCUT2D eigenvalue weighted by molar-refractivity contribution is 0.0697. The molecule has 0 spiro atoms. The summed E-state index contributed by atoms with van der Waals surface area (Å²) in [6, 6.07) is 10.2. The molecule has 0 aliphatic rings. The molecule has 2 rings (SSSR count). The number of pyridine rings is 1. The molecule has 0 atom stereocenters. The number of aromatic carboxylic acids is 1. The second kappa shape index (κ2) is 4.45. The van der Waals surface area contributed by atoms with E-state index in [0.717, 1.165) is 11.1 Å². The molecule has 1 N–H and O–H groups in total. The highest BCUT2D eigenvalue weighted by Gasteiger charge is 2.06. The molecule has 1 aromatic carbocycles. The van der Waals surface area contributed by atoms with Gasteiger partial charge in [-0.25, -0.2) is 4.79 Å². The van der Waals surface area contributed by atoms with Crippen LogP contribution in [0.3, 0.4) is 0 Å². The second-order valence-corrected chi connectivity index (χ2v) is 3.42. The number of carbonyl (C=O) groups is 1. The van der Waals surface area contributed by atoms with Gasteiger partial charge in [0, 0.05) is 18.0 Å². The van der Waals surface area contributed by atoms with Crippen LogP contribution in [-0.4, -0.2) is 16.1 Å². The Morgan fingerprint density at radius 3 is 2.53 bits per heavy atom. The standard InChI is InChI=1S/C13H8N2O2/c14-7-11-8-15-6-5-12(11)9-1-3-10(4-2-9)13(16)17/h1-6,8H,(H,16,17). The molecule has 0 aliphatic carbocycles. The monoisotopic (exact) mass is 224 g/mol. The molecule has 0 unspecified atom stereocenters. The first-order valence-electron chi connectivity index (χ1n) is 4.90. The van der Waals surface area contributed by atoms with Crippen LogP contribution in [0.2, 0.25) is 0 Å². The second-order valence-electron chi connectivity index (χ2n) is 3.42. The zero-order valence-electron chi connectivity index (χ0n) is 8.79. The van der Waals surface area contributed by atoms with Crippen molar-refractivity contribution in [2.75, 3.05) is 0 Å². The fourth-order valence-electron chi connectivity index (χ4n) is 1.53. The zero-order valence-corrected chi connectivity index (χ0v) is 8.79. The fourth-order valence-corrected chi connectivity index (χ4v) is 1.53. The predicted octanol–water partition coefficient (Wildman–Crippen LogP) is 2.32. The highest BCUT2D eigenvalue weighted by atomic mass is 16.4. The van der Waals surface area contributed by atoms with Gasteiger partial charge in [-0.3, -0.25) is 4.98 Å². The molecule has 4 nitrogen and oxygen atoms in total. The molecule has 0 amide bonds. The highest BCUT2D eigenvalue weighted by molar-refractivity contribution is 5.88. The number of hydrogen-bond donors (Lipinski definition) is 1. The third kappa shape index (κ3) is 2.13. The number of carboxylic acids is 1. The first-order valence-corrected chi connectivity index (χ1v) is 4.90. The first kappa shape index (κ1) is 10.8. The number of nitrogens with zero attached hydrogens (tertiary/aromatic N) is 2. The number of carboxylic acid groups (broad SMARTS) is 1. The quantitative estimate of drug-likeness (QED) is 0.849. The molecule has 0 fully saturated rings. The van der Waals surface area contributed by atoms with Crippen LogP contribution in [0, 0.1) is 11.3 Å². The third-order valence-electron chi connectivity index (χ3n) is 2.38. The summed E-state index contributed by atoms with van der Waals surface area (Å²) >= 11 is 0. The van der Waals surface area contributed by atoms with Crippen molar-refractivity contribution in [2.45, 2.75) is 0 Å². The van der Waals surface area contributed by atoms with Crippen molar-refractivity contribution in [2.24, 2.45) is 0 Å². The van der Waals surface area contributed by atoms with Crippen molar-refractivity contribution in [3.05, 3.63) is 53.9 Å². The Labute approximate surface area is 97.8 Å². The van der Waals surface area contributed by atoms with Gasteiger partial charge in [0.25, 0.3) is 0 Å². The number of aromatic nitrogens is 1. The van der Waals surface area contributed by atoms with Gasteiger partial charge < -0.3 is 5.11 Å². The SMILES string of the molecule is N#Cc1cnccc1-c1ccc(C(=O)O)cc1. The van der Waals surface area contributed by atoms with Crippen LogP contribution in [0.4, 0.5) is 0 Å². The third-order valence-corrected chi connectivity index (χ3v) is 2.38. The Morgan fingerprint density at radius 2 is 1.94 bits per heavy atom. The van der Waals surface area contributed by atoms with E-state index >= 15 is 0 Å². The van der Waals surface area contributed by atoms with E-state index in [1.165, 1.54) is 18.3 Å². The predicted molar refractivity (Wildman–Crippen MR) is 61.3 cm³/mol. The molecule has 82 valence electrons. The van der Waals surface area contributed by atoms with E-state index in [-0.39, 0.29) is 5.56 Å². The topological polar surface area (TPSA) is 74.0 Å². The summed E-state index contributed by atoms with van der Waals surface area (Å²) in [4.78, 5) is 14.6. The minimum Gasteiger partial charge on any atom is -0.478 e. The van der Waals surface area contributed by atoms with Crippen molar-refractivity contribution in [1.82, 2.24) is 4.98 Å². The average molecular weight is 224 g/mol. The Morgan fingerprint density at radius 1 is 1.24 bits per heavy atom. The minimum absolute atomic E-state index is 0.223. The number of benzene rings is 1. The smallest absolute Gasteiger partial charge is 0.335 e. The Hall–Kier alpha value is -2.67. The highest BCUT2D eigenvalue weighted by Crippen LogP contribution is 2.22. The summed E-state index contributed by atoms with van der Waals surface area (Å²) in [6.45, 7) is 0. The van der Waals surface area contributed by atoms with Crippen molar-refractivity contribution in [1.29, 1.82) is 5.26 Å². The van der Waals surface area contributed by atoms with Crippen molar-refractivity contribution < 1.29 is 9.90 Å². The van der Waals surface area contributed by atoms with Gasteiger partial charge in [0.2, 0.25) is 0 Å². The maximum absolute atomic E-state index is 10.7. The Balaban J connectivity index is 2.47. The van der Waals surface area contributed by atoms with Crippen LogP contribution in [0.5, 0.6) is 0 Å². The molecule has 4 heteroatoms. The van der Waals surface area contributed by atoms with Crippen LogP contribution >= 0.6 is 0 Å². The normalized spacial score (nSPS) is 9.59. The summed E-state index contributed by atoms with van der Waals surface area (Å²) in [7, 11) is 0. The summed E-state index contributed by atoms with van der Waals surface area (Å²) in [5.74, 6) is -0.966. The molecular weight excluding hydrogens is 216 g/mol. The fraction of sp³-hybridized carbons (Fsp3) is 0. The lowest BCUT2D eigenvalue weighted by Crippen LogP contribution is -1.95. The first-order chi connectivity index (χ1) is 8.22. The zero-order chi connectivity index (χ0) is 12.3. The summed E-state index contributed by atoms with van der Waals surface area (Å²) < 4.78 is 0. The van der Waals surface area contributed by atoms with Gasteiger partial charge in [0.1, 0.15) is 6.07 Å². The van der Waals surface area contributed by atoms with Gasteiger partial charge >= 0.3 is 5.97 Å². The van der Waals surface area contributed by atoms with Gasteiger partial charge in [0.15, 0.2) is 0 Å². The van der Waals surface area contributed by atoms with E-state index in [1.807, 2.05) is 0 Å². The molecule has 0 saturated heterocycles. The van der Waals surface area contributed by atoms with E-state index in [0.29, 0.717) is 5.56 Å². The largest absolute Gasteiger partial charge is 0.478 e. The van der Waals surface area contributed by atoms with Gasteiger partial charge in [-0.15, -0.1) is 0 Å². The van der Waals surface area contributed by atoms with E-state index < -0.39 is 5.97 Å². The Kier molecular flexibility index (Phi) is 2.84. The van der Waals surface area contributed by atoms with Crippen LogP contribution in [0.1, 0.15) is 15.9 Å². The van der Waals surface area contributed by atoms with Crippen molar-refractivity contribution >= 4 is 5.97 Å². The molecule has 1 heterocycles. The van der Waals surface area contributed by atoms with E-state index in [2.05, 4.69) is 11.1 Å². The summed E-state index contributed by atoms with van der Waals surface area (Å²) in [5.41, 5.74) is 2.24. The van der Waals surface area contributed by atoms with Gasteiger partial charge in [-0.2, -0.15) is 5.26 Å². The van der Waals surface area contributed by atoms with Crippen LogP contribution in [0.15, 0.2) is 42.7 Å². The maximum Gasteiger partial charge on any atom is 0.335 e. The number of nitriles is 1. The maximum atomic E-state index is 10.7. The van der Waals surface area contributed by atoms with Gasteiger partial charge in [-0.05, 0) is 23.8 Å². The van der Waals surface area contributed by atoms with Crippen LogP contribution in [0.25, 0.3) is 11.1 Å². The summed E-state index contributed by atoms with van der Waals surface area (Å²) in [5, 5.41) is 17.7. The Bertz CT molecular complexity index is 598. The molecule has 17 heavy (non-hydrogen) atoms. The molecular formula is C13H8N2O2. The van der Waals surface area contributed by atoms with Gasteiger partial charge in [0.05, 0.1) is 11.1 Å². The van der Waals surface area contributed by atoms with Crippen LogP contribution < -0.4 is 0 Å². The summed E-state index contributed by atoms with van der Waals surface area (Å²) in [6.07, 6.45) is 3.09.